The number of esters is 2. The van der Waals surface area contributed by atoms with Crippen molar-refractivity contribution in [1.82, 2.24) is 9.80 Å². The molecule has 4 heterocycles. The monoisotopic (exact) mass is 518 g/mol. The van der Waals surface area contributed by atoms with E-state index in [4.69, 9.17) is 18.9 Å². The number of piperidine rings is 1. The Balaban J connectivity index is 1.56. The van der Waals surface area contributed by atoms with E-state index in [0.717, 1.165) is 11.1 Å². The summed E-state index contributed by atoms with van der Waals surface area (Å²) in [5, 5.41) is 0. The predicted octanol–water partition coefficient (Wildman–Crippen LogP) is 3.14. The molecule has 4 aliphatic heterocycles. The molecular formula is C28H26N2O8. The number of hydrogen-bond donors (Lipinski definition) is 0. The fourth-order valence-electron chi connectivity index (χ4n) is 6.36. The number of methoxy groups -OCH3 is 1. The normalized spacial score (nSPS) is 28.2. The van der Waals surface area contributed by atoms with Crippen LogP contribution in [0.5, 0.6) is 0 Å². The molecule has 1 spiro atoms. The van der Waals surface area contributed by atoms with Crippen molar-refractivity contribution in [3.63, 3.8) is 0 Å². The maximum absolute atomic E-state index is 14.0. The van der Waals surface area contributed by atoms with Gasteiger partial charge in [0.15, 0.2) is 0 Å². The molecule has 0 saturated carbocycles. The molecule has 0 N–H and O–H groups in total. The molecule has 196 valence electrons. The number of amides is 2. The Hall–Kier alpha value is -4.18. The number of carbonyl (C=O) groups is 4. The fourth-order valence-corrected chi connectivity index (χ4v) is 6.36. The molecule has 38 heavy (non-hydrogen) atoms. The van der Waals surface area contributed by atoms with Crippen LogP contribution in [0.25, 0.3) is 0 Å². The molecule has 10 heteroatoms. The summed E-state index contributed by atoms with van der Waals surface area (Å²) in [5.74, 6) is -4.53. The number of ether oxygens (including phenoxy) is 4. The Morgan fingerprint density at radius 3 is 2.39 bits per heavy atom. The van der Waals surface area contributed by atoms with E-state index in [1.807, 2.05) is 54.6 Å². The number of carbonyl (C=O) groups excluding carboxylic acids is 4. The van der Waals surface area contributed by atoms with Gasteiger partial charge in [-0.1, -0.05) is 54.6 Å². The van der Waals surface area contributed by atoms with E-state index in [9.17, 15) is 19.2 Å². The van der Waals surface area contributed by atoms with Crippen LogP contribution in [0.4, 0.5) is 4.79 Å². The minimum atomic E-state index is -1.96. The molecule has 3 bridgehead atoms. The quantitative estimate of drug-likeness (QED) is 0.337. The molecule has 2 aromatic carbocycles. The lowest BCUT2D eigenvalue weighted by Gasteiger charge is -2.57. The smallest absolute Gasteiger partial charge is 0.418 e. The van der Waals surface area contributed by atoms with Crippen molar-refractivity contribution < 1.29 is 38.1 Å². The molecule has 4 atom stereocenters. The summed E-state index contributed by atoms with van der Waals surface area (Å²) in [6, 6.07) is 15.5. The van der Waals surface area contributed by atoms with Crippen LogP contribution in [0, 0.1) is 0 Å². The van der Waals surface area contributed by atoms with Gasteiger partial charge in [0.1, 0.15) is 6.61 Å². The lowest BCUT2D eigenvalue weighted by molar-refractivity contribution is -0.209. The SMILES string of the molecule is CCOC(=O)C1=C(C)N(C(=O)OCc2ccccc2)C23OC4(C(=O)OC)CC2c2ccccc2C1N3C4=O. The number of hydrogen-bond acceptors (Lipinski definition) is 8. The van der Waals surface area contributed by atoms with Crippen molar-refractivity contribution in [3.05, 3.63) is 82.6 Å². The van der Waals surface area contributed by atoms with Gasteiger partial charge in [-0.05, 0) is 30.5 Å². The zero-order chi connectivity index (χ0) is 26.8. The van der Waals surface area contributed by atoms with Gasteiger partial charge >= 0.3 is 18.0 Å². The Kier molecular flexibility index (Phi) is 5.36. The zero-order valence-electron chi connectivity index (χ0n) is 21.1. The van der Waals surface area contributed by atoms with Crippen LogP contribution in [-0.2, 0) is 39.9 Å². The molecule has 0 aromatic heterocycles. The Morgan fingerprint density at radius 1 is 1.03 bits per heavy atom. The van der Waals surface area contributed by atoms with Crippen molar-refractivity contribution >= 4 is 23.9 Å². The summed E-state index contributed by atoms with van der Waals surface area (Å²) in [6.07, 6.45) is -0.847. The van der Waals surface area contributed by atoms with Gasteiger partial charge in [0.05, 0.1) is 31.2 Å². The number of benzene rings is 2. The van der Waals surface area contributed by atoms with Gasteiger partial charge in [-0.25, -0.2) is 19.3 Å². The first kappa shape index (κ1) is 24.2. The van der Waals surface area contributed by atoms with Gasteiger partial charge in [0.2, 0.25) is 11.4 Å². The third-order valence-corrected chi connectivity index (χ3v) is 7.82. The van der Waals surface area contributed by atoms with E-state index in [1.54, 1.807) is 13.8 Å². The Morgan fingerprint density at radius 2 is 1.71 bits per heavy atom. The molecule has 0 radical (unpaired) electrons. The first-order chi connectivity index (χ1) is 18.3. The highest BCUT2D eigenvalue weighted by Crippen LogP contribution is 2.67. The summed E-state index contributed by atoms with van der Waals surface area (Å²) >= 11 is 0. The number of allylic oxidation sites excluding steroid dienone is 1. The first-order valence-electron chi connectivity index (χ1n) is 12.4. The summed E-state index contributed by atoms with van der Waals surface area (Å²) < 4.78 is 22.5. The standard InChI is InChI=1S/C28H26N2O8/c1-4-36-23(31)21-16(2)29(26(34)37-15-17-10-6-5-7-11-17)28-20-14-27(38-28,25(33)35-3)24(32)30(28)22(21)19-13-9-8-12-18(19)20/h5-13,20,22H,4,14-15H2,1-3H3. The first-order valence-corrected chi connectivity index (χ1v) is 12.4. The van der Waals surface area contributed by atoms with Crippen LogP contribution in [0.15, 0.2) is 65.9 Å². The van der Waals surface area contributed by atoms with E-state index in [-0.39, 0.29) is 30.9 Å². The van der Waals surface area contributed by atoms with Crippen molar-refractivity contribution in [2.75, 3.05) is 13.7 Å². The highest BCUT2D eigenvalue weighted by Gasteiger charge is 2.82. The van der Waals surface area contributed by atoms with E-state index in [2.05, 4.69) is 0 Å². The van der Waals surface area contributed by atoms with Gasteiger partial charge in [0, 0.05) is 12.1 Å². The molecule has 2 fully saturated rings. The van der Waals surface area contributed by atoms with Crippen molar-refractivity contribution in [3.8, 4) is 0 Å². The highest BCUT2D eigenvalue weighted by atomic mass is 16.6. The maximum atomic E-state index is 14.0. The zero-order valence-corrected chi connectivity index (χ0v) is 21.1. The van der Waals surface area contributed by atoms with Gasteiger partial charge in [-0.3, -0.25) is 9.69 Å². The fraction of sp³-hybridized carbons (Fsp3) is 0.357. The van der Waals surface area contributed by atoms with Crippen LogP contribution >= 0.6 is 0 Å². The molecule has 2 saturated heterocycles. The summed E-state index contributed by atoms with van der Waals surface area (Å²) in [4.78, 5) is 56.9. The van der Waals surface area contributed by atoms with Crippen LogP contribution in [-0.4, -0.2) is 58.9 Å². The maximum Gasteiger partial charge on any atom is 0.418 e. The van der Waals surface area contributed by atoms with Crippen molar-refractivity contribution in [2.24, 2.45) is 0 Å². The predicted molar refractivity (Wildman–Crippen MR) is 130 cm³/mol. The third-order valence-electron chi connectivity index (χ3n) is 7.82. The highest BCUT2D eigenvalue weighted by molar-refractivity contribution is 6.11. The van der Waals surface area contributed by atoms with Gasteiger partial charge in [-0.2, -0.15) is 0 Å². The van der Waals surface area contributed by atoms with E-state index < -0.39 is 47.3 Å². The summed E-state index contributed by atoms with van der Waals surface area (Å²) in [6.45, 7) is 3.32. The van der Waals surface area contributed by atoms with E-state index >= 15 is 0 Å². The second kappa shape index (κ2) is 8.42. The molecule has 4 unspecified atom stereocenters. The topological polar surface area (TPSA) is 112 Å². The summed E-state index contributed by atoms with van der Waals surface area (Å²) in [7, 11) is 1.18. The second-order valence-electron chi connectivity index (χ2n) is 9.64. The molecule has 0 aliphatic carbocycles. The van der Waals surface area contributed by atoms with Crippen LogP contribution in [0.1, 0.15) is 48.9 Å². The van der Waals surface area contributed by atoms with E-state index in [0.29, 0.717) is 5.56 Å². The molecule has 4 aliphatic rings. The minimum Gasteiger partial charge on any atom is -0.466 e. The largest absolute Gasteiger partial charge is 0.466 e. The minimum absolute atomic E-state index is 0.0246. The number of nitrogens with zero attached hydrogens (tertiary/aromatic N) is 2. The number of rotatable bonds is 5. The molecule has 10 nitrogen and oxygen atoms in total. The average molecular weight is 519 g/mol. The van der Waals surface area contributed by atoms with Crippen molar-refractivity contribution in [2.45, 2.75) is 50.3 Å². The molecule has 6 rings (SSSR count). The van der Waals surface area contributed by atoms with Crippen LogP contribution in [0.3, 0.4) is 0 Å². The van der Waals surface area contributed by atoms with Crippen LogP contribution in [0.2, 0.25) is 0 Å². The van der Waals surface area contributed by atoms with Crippen LogP contribution < -0.4 is 0 Å². The average Bonchev–Trinajstić information content (AvgIpc) is 3.41. The lowest BCUT2D eigenvalue weighted by Crippen LogP contribution is -2.70. The van der Waals surface area contributed by atoms with E-state index in [1.165, 1.54) is 16.9 Å². The third kappa shape index (κ3) is 2.92. The number of fused-ring (bicyclic) bond motifs is 4. The lowest BCUT2D eigenvalue weighted by atomic mass is 9.70. The van der Waals surface area contributed by atoms with Gasteiger partial charge < -0.3 is 18.9 Å². The Bertz CT molecular complexity index is 1400. The van der Waals surface area contributed by atoms with Gasteiger partial charge in [-0.15, -0.1) is 0 Å². The molecular weight excluding hydrogens is 492 g/mol. The van der Waals surface area contributed by atoms with Gasteiger partial charge in [0.25, 0.3) is 5.91 Å². The molecule has 2 amide bonds. The van der Waals surface area contributed by atoms with Crippen molar-refractivity contribution in [1.29, 1.82) is 0 Å². The summed E-state index contributed by atoms with van der Waals surface area (Å²) in [5.41, 5.74) is 0.604. The molecule has 2 aromatic rings. The second-order valence-corrected chi connectivity index (χ2v) is 9.64. The Labute approximate surface area is 218 Å².